The first-order valence-corrected chi connectivity index (χ1v) is 6.53. The molecule has 1 aromatic rings. The molecule has 0 radical (unpaired) electrons. The van der Waals surface area contributed by atoms with Crippen molar-refractivity contribution in [2.75, 3.05) is 0 Å². The quantitative estimate of drug-likeness (QED) is 0.687. The molecule has 3 rings (SSSR count). The highest BCUT2D eigenvalue weighted by Crippen LogP contribution is 2.44. The van der Waals surface area contributed by atoms with E-state index < -0.39 is 0 Å². The van der Waals surface area contributed by atoms with Gasteiger partial charge in [0.2, 0.25) is 0 Å². The van der Waals surface area contributed by atoms with E-state index in [1.54, 1.807) is 0 Å². The van der Waals surface area contributed by atoms with Crippen LogP contribution in [-0.4, -0.2) is 10.5 Å². The van der Waals surface area contributed by atoms with Gasteiger partial charge in [-0.15, -0.1) is 0 Å². The Kier molecular flexibility index (Phi) is 2.28. The van der Waals surface area contributed by atoms with Crippen LogP contribution in [-0.2, 0) is 0 Å². The van der Waals surface area contributed by atoms with E-state index in [-0.39, 0.29) is 5.54 Å². The minimum absolute atomic E-state index is 0.198. The van der Waals surface area contributed by atoms with Crippen LogP contribution in [0.15, 0.2) is 24.3 Å². The van der Waals surface area contributed by atoms with Crippen molar-refractivity contribution in [3.8, 4) is 0 Å². The molecule has 1 aliphatic carbocycles. The molecule has 16 heavy (non-hydrogen) atoms. The van der Waals surface area contributed by atoms with Crippen LogP contribution < -0.4 is 5.32 Å². The summed E-state index contributed by atoms with van der Waals surface area (Å²) >= 11 is 5.49. The Morgan fingerprint density at radius 3 is 3.00 bits per heavy atom. The fraction of sp³-hybridized carbons (Fsp3) is 0.500. The Hall–Kier alpha value is -0.890. The van der Waals surface area contributed by atoms with Gasteiger partial charge in [-0.1, -0.05) is 49.3 Å². The number of thiocarbonyl (C=S) groups is 1. The molecular formula is C14H17NS. The van der Waals surface area contributed by atoms with Gasteiger partial charge in [-0.05, 0) is 25.3 Å². The number of hydrogen-bond acceptors (Lipinski definition) is 1. The van der Waals surface area contributed by atoms with Gasteiger partial charge in [-0.2, -0.15) is 0 Å². The maximum absolute atomic E-state index is 5.49. The second-order valence-electron chi connectivity index (χ2n) is 5.26. The van der Waals surface area contributed by atoms with Crippen LogP contribution in [0.4, 0.5) is 0 Å². The van der Waals surface area contributed by atoms with E-state index in [4.69, 9.17) is 12.2 Å². The Balaban J connectivity index is 2.13. The molecule has 1 heterocycles. The normalized spacial score (nSPS) is 32.6. The van der Waals surface area contributed by atoms with Gasteiger partial charge in [0.15, 0.2) is 0 Å². The van der Waals surface area contributed by atoms with Gasteiger partial charge >= 0.3 is 0 Å². The van der Waals surface area contributed by atoms with Crippen LogP contribution in [0.3, 0.4) is 0 Å². The Morgan fingerprint density at radius 2 is 2.12 bits per heavy atom. The second-order valence-corrected chi connectivity index (χ2v) is 5.67. The van der Waals surface area contributed by atoms with Crippen molar-refractivity contribution >= 4 is 17.2 Å². The molecule has 84 valence electrons. The summed E-state index contributed by atoms with van der Waals surface area (Å²) in [5.41, 5.74) is 2.92. The van der Waals surface area contributed by atoms with E-state index in [0.717, 1.165) is 4.99 Å². The van der Waals surface area contributed by atoms with Crippen LogP contribution in [0, 0.1) is 0 Å². The molecule has 0 aromatic heterocycles. The van der Waals surface area contributed by atoms with Gasteiger partial charge < -0.3 is 5.32 Å². The minimum atomic E-state index is 0.198. The summed E-state index contributed by atoms with van der Waals surface area (Å²) in [6.07, 6.45) is 5.21. The molecule has 1 saturated carbocycles. The molecule has 1 fully saturated rings. The summed E-state index contributed by atoms with van der Waals surface area (Å²) in [5, 5.41) is 3.58. The van der Waals surface area contributed by atoms with E-state index in [9.17, 15) is 0 Å². The highest BCUT2D eigenvalue weighted by atomic mass is 32.1. The summed E-state index contributed by atoms with van der Waals surface area (Å²) in [7, 11) is 0. The largest absolute Gasteiger partial charge is 0.370 e. The van der Waals surface area contributed by atoms with E-state index in [2.05, 4.69) is 36.5 Å². The molecule has 1 nitrogen and oxygen atoms in total. The summed E-state index contributed by atoms with van der Waals surface area (Å²) in [6.45, 7) is 2.33. The number of fused-ring (bicyclic) bond motifs is 3. The van der Waals surface area contributed by atoms with Crippen molar-refractivity contribution in [3.63, 3.8) is 0 Å². The Morgan fingerprint density at radius 1 is 1.31 bits per heavy atom. The zero-order chi connectivity index (χ0) is 11.2. The molecule has 0 bridgehead atoms. The van der Waals surface area contributed by atoms with Crippen molar-refractivity contribution in [3.05, 3.63) is 35.4 Å². The predicted molar refractivity (Wildman–Crippen MR) is 70.9 cm³/mol. The third kappa shape index (κ3) is 1.40. The Bertz CT molecular complexity index is 440. The maximum Gasteiger partial charge on any atom is 0.107 e. The SMILES string of the molecule is C[C@]12CCCC[C@H]1c1ccccc1C(=S)N2. The molecule has 2 atom stereocenters. The second kappa shape index (κ2) is 3.56. The molecule has 1 N–H and O–H groups in total. The van der Waals surface area contributed by atoms with Gasteiger partial charge in [-0.25, -0.2) is 0 Å². The molecule has 0 saturated heterocycles. The van der Waals surface area contributed by atoms with Gasteiger partial charge in [-0.3, -0.25) is 0 Å². The smallest absolute Gasteiger partial charge is 0.107 e. The molecule has 0 spiro atoms. The van der Waals surface area contributed by atoms with Crippen LogP contribution >= 0.6 is 12.2 Å². The predicted octanol–water partition coefficient (Wildman–Crippen LogP) is 3.38. The van der Waals surface area contributed by atoms with Gasteiger partial charge in [0, 0.05) is 17.0 Å². The molecular weight excluding hydrogens is 214 g/mol. The lowest BCUT2D eigenvalue weighted by molar-refractivity contribution is 0.241. The van der Waals surface area contributed by atoms with Gasteiger partial charge in [0.25, 0.3) is 0 Å². The van der Waals surface area contributed by atoms with E-state index >= 15 is 0 Å². The first kappa shape index (κ1) is 10.3. The van der Waals surface area contributed by atoms with E-state index in [1.807, 2.05) is 0 Å². The van der Waals surface area contributed by atoms with E-state index in [1.165, 1.54) is 36.8 Å². The fourth-order valence-electron chi connectivity index (χ4n) is 3.32. The summed E-state index contributed by atoms with van der Waals surface area (Å²) < 4.78 is 0. The number of hydrogen-bond donors (Lipinski definition) is 1. The summed E-state index contributed by atoms with van der Waals surface area (Å²) in [5.74, 6) is 0.643. The molecule has 2 heteroatoms. The lowest BCUT2D eigenvalue weighted by Gasteiger charge is -2.47. The topological polar surface area (TPSA) is 12.0 Å². The average molecular weight is 231 g/mol. The standard InChI is InChI=1S/C14H17NS/c1-14-9-5-4-8-12(14)10-6-2-3-7-11(10)13(16)15-14/h2-3,6-7,12H,4-5,8-9H2,1H3,(H,15,16)/t12-,14-/m0/s1. The van der Waals surface area contributed by atoms with Crippen LogP contribution in [0.5, 0.6) is 0 Å². The van der Waals surface area contributed by atoms with Crippen LogP contribution in [0.1, 0.15) is 49.7 Å². The fourth-order valence-corrected chi connectivity index (χ4v) is 3.74. The first-order chi connectivity index (χ1) is 7.71. The monoisotopic (exact) mass is 231 g/mol. The Labute approximate surface area is 102 Å². The van der Waals surface area contributed by atoms with Crippen LogP contribution in [0.2, 0.25) is 0 Å². The highest BCUT2D eigenvalue weighted by Gasteiger charge is 2.42. The number of benzene rings is 1. The van der Waals surface area contributed by atoms with Crippen molar-refractivity contribution in [2.45, 2.75) is 44.1 Å². The minimum Gasteiger partial charge on any atom is -0.370 e. The van der Waals surface area contributed by atoms with Crippen molar-refractivity contribution in [2.24, 2.45) is 0 Å². The number of rotatable bonds is 0. The average Bonchev–Trinajstić information content (AvgIpc) is 2.28. The number of nitrogens with one attached hydrogen (secondary N) is 1. The van der Waals surface area contributed by atoms with Gasteiger partial charge in [0.05, 0.1) is 0 Å². The molecule has 1 aliphatic heterocycles. The van der Waals surface area contributed by atoms with Crippen LogP contribution in [0.25, 0.3) is 0 Å². The van der Waals surface area contributed by atoms with E-state index in [0.29, 0.717) is 5.92 Å². The van der Waals surface area contributed by atoms with Crippen molar-refractivity contribution in [1.82, 2.24) is 5.32 Å². The molecule has 1 aromatic carbocycles. The maximum atomic E-state index is 5.49. The lowest BCUT2D eigenvalue weighted by Crippen LogP contribution is -2.55. The van der Waals surface area contributed by atoms with Crippen molar-refractivity contribution in [1.29, 1.82) is 0 Å². The molecule has 2 aliphatic rings. The molecule has 0 amide bonds. The summed E-state index contributed by atoms with van der Waals surface area (Å²) in [6, 6.07) is 8.63. The zero-order valence-corrected chi connectivity index (χ0v) is 10.4. The first-order valence-electron chi connectivity index (χ1n) is 6.12. The molecule has 0 unspecified atom stereocenters. The zero-order valence-electron chi connectivity index (χ0n) is 9.62. The summed E-state index contributed by atoms with van der Waals surface area (Å²) in [4.78, 5) is 0.941. The highest BCUT2D eigenvalue weighted by molar-refractivity contribution is 7.80. The third-order valence-electron chi connectivity index (χ3n) is 4.19. The van der Waals surface area contributed by atoms with Crippen molar-refractivity contribution < 1.29 is 0 Å². The van der Waals surface area contributed by atoms with Gasteiger partial charge in [0.1, 0.15) is 4.99 Å². The lowest BCUT2D eigenvalue weighted by atomic mass is 9.67. The third-order valence-corrected chi connectivity index (χ3v) is 4.51.